The van der Waals surface area contributed by atoms with E-state index in [0.717, 1.165) is 0 Å². The van der Waals surface area contributed by atoms with E-state index in [1.807, 2.05) is 34.6 Å². The van der Waals surface area contributed by atoms with Gasteiger partial charge in [0, 0.05) is 19.6 Å². The van der Waals surface area contributed by atoms with E-state index in [2.05, 4.69) is 0 Å². The molecule has 0 aliphatic carbocycles. The van der Waals surface area contributed by atoms with Crippen LogP contribution in [0.1, 0.15) is 34.6 Å². The molecule has 1 saturated heterocycles. The lowest BCUT2D eigenvalue weighted by Crippen LogP contribution is -2.57. The lowest BCUT2D eigenvalue weighted by Gasteiger charge is -2.42. The summed E-state index contributed by atoms with van der Waals surface area (Å²) in [5.74, 6) is -0.000231. The Hall–Kier alpha value is -0.650. The number of carbonyl (C=O) groups excluding carboxylic acids is 1. The maximum atomic E-state index is 12.1. The average Bonchev–Trinajstić information content (AvgIpc) is 2.22. The second-order valence-corrected chi connectivity index (χ2v) is 6.41. The van der Waals surface area contributed by atoms with E-state index in [1.54, 1.807) is 4.90 Å². The summed E-state index contributed by atoms with van der Waals surface area (Å²) in [6, 6.07) is 0. The van der Waals surface area contributed by atoms with E-state index >= 15 is 0 Å². The largest absolute Gasteiger partial charge is 0.367 e. The van der Waals surface area contributed by atoms with Gasteiger partial charge in [-0.15, -0.1) is 0 Å². The monoisotopic (exact) mass is 258 g/mol. The molecule has 1 fully saturated rings. The first-order chi connectivity index (χ1) is 8.13. The number of ether oxygens (including phenoxy) is 2. The van der Waals surface area contributed by atoms with E-state index in [1.165, 1.54) is 0 Å². The highest BCUT2D eigenvalue weighted by atomic mass is 16.5. The van der Waals surface area contributed by atoms with Crippen LogP contribution in [0.15, 0.2) is 0 Å². The molecule has 2 N–H and O–H groups in total. The summed E-state index contributed by atoms with van der Waals surface area (Å²) in [7, 11) is 0. The number of rotatable bonds is 3. The van der Waals surface area contributed by atoms with Crippen LogP contribution in [0.4, 0.5) is 0 Å². The van der Waals surface area contributed by atoms with Gasteiger partial charge in [-0.2, -0.15) is 0 Å². The Morgan fingerprint density at radius 2 is 2.11 bits per heavy atom. The highest BCUT2D eigenvalue weighted by molar-refractivity contribution is 5.77. The van der Waals surface area contributed by atoms with Crippen molar-refractivity contribution in [3.63, 3.8) is 0 Å². The molecule has 1 heterocycles. The predicted molar refractivity (Wildman–Crippen MR) is 70.3 cm³/mol. The molecule has 1 aliphatic rings. The Balaban J connectivity index is 2.56. The number of carbonyl (C=O) groups is 1. The zero-order valence-corrected chi connectivity index (χ0v) is 12.2. The van der Waals surface area contributed by atoms with E-state index in [4.69, 9.17) is 15.2 Å². The minimum Gasteiger partial charge on any atom is -0.367 e. The van der Waals surface area contributed by atoms with E-state index in [9.17, 15) is 4.79 Å². The molecule has 106 valence electrons. The molecule has 1 unspecified atom stereocenters. The van der Waals surface area contributed by atoms with Crippen LogP contribution in [0.25, 0.3) is 0 Å². The van der Waals surface area contributed by atoms with Crippen LogP contribution in [-0.2, 0) is 14.3 Å². The molecule has 5 nitrogen and oxygen atoms in total. The molecule has 0 aromatic rings. The Morgan fingerprint density at radius 3 is 2.61 bits per heavy atom. The van der Waals surface area contributed by atoms with Crippen molar-refractivity contribution < 1.29 is 14.3 Å². The predicted octanol–water partition coefficient (Wildman–Crippen LogP) is 0.766. The molecule has 0 radical (unpaired) electrons. The van der Waals surface area contributed by atoms with Gasteiger partial charge in [0.15, 0.2) is 0 Å². The zero-order valence-electron chi connectivity index (χ0n) is 12.2. The number of nitrogens with two attached hydrogens (primary N) is 1. The normalized spacial score (nSPS) is 24.1. The summed E-state index contributed by atoms with van der Waals surface area (Å²) in [4.78, 5) is 13.9. The van der Waals surface area contributed by atoms with Gasteiger partial charge >= 0.3 is 0 Å². The number of amides is 1. The van der Waals surface area contributed by atoms with Gasteiger partial charge in [0.2, 0.25) is 5.91 Å². The number of morpholine rings is 1. The quantitative estimate of drug-likeness (QED) is 0.812. The Morgan fingerprint density at radius 1 is 1.50 bits per heavy atom. The van der Waals surface area contributed by atoms with Crippen LogP contribution in [0.5, 0.6) is 0 Å². The average molecular weight is 258 g/mol. The van der Waals surface area contributed by atoms with Gasteiger partial charge in [0.05, 0.1) is 17.3 Å². The van der Waals surface area contributed by atoms with Gasteiger partial charge in [-0.1, -0.05) is 0 Å². The summed E-state index contributed by atoms with van der Waals surface area (Å²) in [6.07, 6.45) is -0.0904. The molecule has 1 rings (SSSR count). The number of nitrogens with zero attached hydrogens (tertiary/aromatic N) is 1. The smallest absolute Gasteiger partial charge is 0.248 e. The molecular weight excluding hydrogens is 232 g/mol. The summed E-state index contributed by atoms with van der Waals surface area (Å²) in [6.45, 7) is 11.4. The van der Waals surface area contributed by atoms with Gasteiger partial charge in [0.25, 0.3) is 0 Å². The first-order valence-electron chi connectivity index (χ1n) is 6.42. The third-order valence-corrected chi connectivity index (χ3v) is 2.73. The number of hydrogen-bond donors (Lipinski definition) is 1. The molecule has 5 heteroatoms. The summed E-state index contributed by atoms with van der Waals surface area (Å²) in [5.41, 5.74) is 4.99. The highest BCUT2D eigenvalue weighted by Gasteiger charge is 2.35. The molecular formula is C13H26N2O3. The summed E-state index contributed by atoms with van der Waals surface area (Å²) >= 11 is 0. The Bertz CT molecular complexity index is 297. The fourth-order valence-corrected chi connectivity index (χ4v) is 1.98. The lowest BCUT2D eigenvalue weighted by atomic mass is 10.1. The van der Waals surface area contributed by atoms with Crippen molar-refractivity contribution in [2.45, 2.75) is 51.9 Å². The molecule has 0 bridgehead atoms. The Labute approximate surface area is 110 Å². The van der Waals surface area contributed by atoms with Crippen LogP contribution in [-0.4, -0.2) is 54.4 Å². The highest BCUT2D eigenvalue weighted by Crippen LogP contribution is 2.21. The van der Waals surface area contributed by atoms with Gasteiger partial charge in [0.1, 0.15) is 6.61 Å². The third-order valence-electron chi connectivity index (χ3n) is 2.73. The molecule has 1 atom stereocenters. The Kier molecular flexibility index (Phi) is 4.75. The first kappa shape index (κ1) is 15.4. The van der Waals surface area contributed by atoms with Crippen molar-refractivity contribution in [3.8, 4) is 0 Å². The van der Waals surface area contributed by atoms with Crippen LogP contribution in [0.2, 0.25) is 0 Å². The van der Waals surface area contributed by atoms with Crippen molar-refractivity contribution in [1.29, 1.82) is 0 Å². The zero-order chi connectivity index (χ0) is 14.0. The molecule has 0 spiro atoms. The fourth-order valence-electron chi connectivity index (χ4n) is 1.98. The summed E-state index contributed by atoms with van der Waals surface area (Å²) in [5, 5.41) is 0. The maximum Gasteiger partial charge on any atom is 0.248 e. The van der Waals surface area contributed by atoms with Crippen molar-refractivity contribution in [2.75, 3.05) is 26.2 Å². The van der Waals surface area contributed by atoms with E-state index < -0.39 is 0 Å². The van der Waals surface area contributed by atoms with E-state index in [-0.39, 0.29) is 29.8 Å². The van der Waals surface area contributed by atoms with Crippen molar-refractivity contribution >= 4 is 5.91 Å². The van der Waals surface area contributed by atoms with Crippen LogP contribution >= 0.6 is 0 Å². The number of hydrogen-bond acceptors (Lipinski definition) is 4. The fraction of sp³-hybridized carbons (Fsp3) is 0.923. The van der Waals surface area contributed by atoms with Crippen LogP contribution in [0.3, 0.4) is 0 Å². The van der Waals surface area contributed by atoms with Crippen molar-refractivity contribution in [3.05, 3.63) is 0 Å². The summed E-state index contributed by atoms with van der Waals surface area (Å²) < 4.78 is 11.3. The molecule has 1 amide bonds. The molecule has 18 heavy (non-hydrogen) atoms. The molecule has 0 aromatic carbocycles. The van der Waals surface area contributed by atoms with Crippen LogP contribution < -0.4 is 5.73 Å². The second-order valence-electron chi connectivity index (χ2n) is 6.41. The molecule has 1 aliphatic heterocycles. The molecule has 0 aromatic heterocycles. The van der Waals surface area contributed by atoms with E-state index in [0.29, 0.717) is 19.6 Å². The second kappa shape index (κ2) is 5.55. The maximum absolute atomic E-state index is 12.1. The third kappa shape index (κ3) is 4.92. The minimum atomic E-state index is -0.348. The van der Waals surface area contributed by atoms with Gasteiger partial charge in [-0.05, 0) is 34.6 Å². The van der Waals surface area contributed by atoms with Gasteiger partial charge in [-0.25, -0.2) is 0 Å². The topological polar surface area (TPSA) is 64.8 Å². The van der Waals surface area contributed by atoms with Crippen molar-refractivity contribution in [1.82, 2.24) is 4.90 Å². The standard InChI is InChI=1S/C13H26N2O3/c1-12(2,3)17-8-11(16)15-7-10(6-14)18-13(4,5)9-15/h10H,6-9,14H2,1-5H3. The van der Waals surface area contributed by atoms with Crippen LogP contribution in [0, 0.1) is 0 Å². The SMILES string of the molecule is CC(C)(C)OCC(=O)N1CC(CN)OC(C)(C)C1. The first-order valence-corrected chi connectivity index (χ1v) is 6.42. The molecule has 0 saturated carbocycles. The van der Waals surface area contributed by atoms with Gasteiger partial charge < -0.3 is 20.1 Å². The lowest BCUT2D eigenvalue weighted by molar-refractivity contribution is -0.166. The van der Waals surface area contributed by atoms with Gasteiger partial charge in [-0.3, -0.25) is 4.79 Å². The van der Waals surface area contributed by atoms with Crippen molar-refractivity contribution in [2.24, 2.45) is 5.73 Å². The minimum absolute atomic E-state index is 0.000231.